The van der Waals surface area contributed by atoms with E-state index in [9.17, 15) is 0 Å². The zero-order chi connectivity index (χ0) is 11.1. The van der Waals surface area contributed by atoms with E-state index in [4.69, 9.17) is 0 Å². The van der Waals surface area contributed by atoms with Gasteiger partial charge in [0.15, 0.2) is 0 Å². The van der Waals surface area contributed by atoms with Crippen LogP contribution in [0.1, 0.15) is 41.5 Å². The highest BCUT2D eigenvalue weighted by Crippen LogP contribution is 2.13. The van der Waals surface area contributed by atoms with E-state index in [0.717, 1.165) is 0 Å². The zero-order valence-electron chi connectivity index (χ0n) is 10.3. The predicted octanol–water partition coefficient (Wildman–Crippen LogP) is 3.21. The van der Waals surface area contributed by atoms with Crippen LogP contribution in [0.25, 0.3) is 0 Å². The van der Waals surface area contributed by atoms with Crippen LogP contribution in [-0.2, 0) is 0 Å². The molecule has 0 saturated heterocycles. The number of aliphatic imine (C=N–C) groups is 1. The summed E-state index contributed by atoms with van der Waals surface area (Å²) in [6.07, 6.45) is 3.77. The molecule has 1 heterocycles. The van der Waals surface area contributed by atoms with Gasteiger partial charge in [0.25, 0.3) is 0 Å². The Kier molecular flexibility index (Phi) is 6.26. The summed E-state index contributed by atoms with van der Waals surface area (Å²) in [5, 5.41) is 3.34. The number of nitrogens with zero attached hydrogens (tertiary/aromatic N) is 1. The average molecular weight is 196 g/mol. The van der Waals surface area contributed by atoms with E-state index in [1.807, 2.05) is 26.2 Å². The van der Waals surface area contributed by atoms with E-state index in [1.54, 1.807) is 0 Å². The summed E-state index contributed by atoms with van der Waals surface area (Å²) in [5.41, 5.74) is 1.27. The lowest BCUT2D eigenvalue weighted by molar-refractivity contribution is 0.518. The maximum absolute atomic E-state index is 4.41. The molecule has 1 aliphatic rings. The SMILES string of the molecule is CC.CC(C)C1=NC=CNC1C(C)C. The van der Waals surface area contributed by atoms with Gasteiger partial charge in [-0.05, 0) is 11.8 Å². The lowest BCUT2D eigenvalue weighted by Crippen LogP contribution is -2.41. The first kappa shape index (κ1) is 13.2. The fourth-order valence-electron chi connectivity index (χ4n) is 1.48. The van der Waals surface area contributed by atoms with Crippen LogP contribution in [0.3, 0.4) is 0 Å². The highest BCUT2D eigenvalue weighted by Gasteiger charge is 2.21. The Morgan fingerprint density at radius 2 is 1.79 bits per heavy atom. The standard InChI is InChI=1S/C10H18N2.C2H6/c1-7(2)9-10(8(3)4)12-6-5-11-9;1-2/h5-9,11H,1-4H3;1-2H3. The summed E-state index contributed by atoms with van der Waals surface area (Å²) < 4.78 is 0. The fourth-order valence-corrected chi connectivity index (χ4v) is 1.48. The zero-order valence-corrected chi connectivity index (χ0v) is 10.3. The minimum Gasteiger partial charge on any atom is -0.381 e. The molecule has 0 radical (unpaired) electrons. The monoisotopic (exact) mass is 196 g/mol. The quantitative estimate of drug-likeness (QED) is 0.720. The normalized spacial score (nSPS) is 20.0. The van der Waals surface area contributed by atoms with Crippen LogP contribution in [0.15, 0.2) is 17.4 Å². The van der Waals surface area contributed by atoms with E-state index >= 15 is 0 Å². The minimum atomic E-state index is 0.426. The first-order chi connectivity index (χ1) is 6.63. The maximum Gasteiger partial charge on any atom is 0.0666 e. The van der Waals surface area contributed by atoms with Gasteiger partial charge >= 0.3 is 0 Å². The third kappa shape index (κ3) is 3.52. The second kappa shape index (κ2) is 6.63. The molecule has 0 aliphatic carbocycles. The summed E-state index contributed by atoms with van der Waals surface area (Å²) in [5.74, 6) is 1.14. The maximum atomic E-state index is 4.41. The molecular formula is C12H24N2. The number of nitrogens with one attached hydrogen (secondary N) is 1. The van der Waals surface area contributed by atoms with Crippen molar-refractivity contribution in [3.05, 3.63) is 12.4 Å². The van der Waals surface area contributed by atoms with Crippen LogP contribution in [0.4, 0.5) is 0 Å². The third-order valence-electron chi connectivity index (χ3n) is 2.15. The molecule has 0 amide bonds. The number of rotatable bonds is 2. The second-order valence-electron chi connectivity index (χ2n) is 3.91. The van der Waals surface area contributed by atoms with Crippen molar-refractivity contribution in [3.63, 3.8) is 0 Å². The van der Waals surface area contributed by atoms with Gasteiger partial charge in [-0.1, -0.05) is 41.5 Å². The molecular weight excluding hydrogens is 172 g/mol. The van der Waals surface area contributed by atoms with Gasteiger partial charge in [-0.25, -0.2) is 0 Å². The van der Waals surface area contributed by atoms with E-state index in [-0.39, 0.29) is 0 Å². The topological polar surface area (TPSA) is 24.4 Å². The molecule has 2 nitrogen and oxygen atoms in total. The molecule has 1 rings (SSSR count). The van der Waals surface area contributed by atoms with Gasteiger partial charge in [-0.2, -0.15) is 0 Å². The van der Waals surface area contributed by atoms with Gasteiger partial charge in [0, 0.05) is 18.1 Å². The van der Waals surface area contributed by atoms with Crippen molar-refractivity contribution >= 4 is 5.71 Å². The Hall–Kier alpha value is -0.790. The van der Waals surface area contributed by atoms with Gasteiger partial charge in [0.2, 0.25) is 0 Å². The molecule has 0 saturated carbocycles. The van der Waals surface area contributed by atoms with Crippen LogP contribution in [-0.4, -0.2) is 11.8 Å². The second-order valence-corrected chi connectivity index (χ2v) is 3.91. The third-order valence-corrected chi connectivity index (χ3v) is 2.15. The van der Waals surface area contributed by atoms with Gasteiger partial charge in [0.05, 0.1) is 6.04 Å². The molecule has 1 N–H and O–H groups in total. The van der Waals surface area contributed by atoms with Crippen LogP contribution < -0.4 is 5.32 Å². The Morgan fingerprint density at radius 1 is 1.21 bits per heavy atom. The van der Waals surface area contributed by atoms with Crippen molar-refractivity contribution in [2.45, 2.75) is 47.6 Å². The molecule has 0 aromatic heterocycles. The van der Waals surface area contributed by atoms with Crippen molar-refractivity contribution in [1.82, 2.24) is 5.32 Å². The summed E-state index contributed by atoms with van der Waals surface area (Å²) >= 11 is 0. The molecule has 1 atom stereocenters. The highest BCUT2D eigenvalue weighted by atomic mass is 15.0. The molecule has 1 aliphatic heterocycles. The molecule has 0 spiro atoms. The Morgan fingerprint density at radius 3 is 2.14 bits per heavy atom. The van der Waals surface area contributed by atoms with Gasteiger partial charge in [0.1, 0.15) is 0 Å². The molecule has 0 aromatic carbocycles. The number of hydrogen-bond acceptors (Lipinski definition) is 2. The molecule has 14 heavy (non-hydrogen) atoms. The molecule has 0 fully saturated rings. The molecule has 0 bridgehead atoms. The lowest BCUT2D eigenvalue weighted by Gasteiger charge is -2.27. The first-order valence-electron chi connectivity index (χ1n) is 5.61. The van der Waals surface area contributed by atoms with Crippen LogP contribution in [0.5, 0.6) is 0 Å². The summed E-state index contributed by atoms with van der Waals surface area (Å²) in [6.45, 7) is 12.8. The summed E-state index contributed by atoms with van der Waals surface area (Å²) in [6, 6.07) is 0.426. The Bertz CT molecular complexity index is 202. The van der Waals surface area contributed by atoms with Gasteiger partial charge < -0.3 is 5.32 Å². The molecule has 2 heteroatoms. The van der Waals surface area contributed by atoms with E-state index < -0.39 is 0 Å². The average Bonchev–Trinajstić information content (AvgIpc) is 2.20. The predicted molar refractivity (Wildman–Crippen MR) is 64.5 cm³/mol. The van der Waals surface area contributed by atoms with Crippen molar-refractivity contribution in [2.24, 2.45) is 16.8 Å². The highest BCUT2D eigenvalue weighted by molar-refractivity contribution is 5.92. The summed E-state index contributed by atoms with van der Waals surface area (Å²) in [4.78, 5) is 4.41. The van der Waals surface area contributed by atoms with Crippen molar-refractivity contribution in [2.75, 3.05) is 0 Å². The van der Waals surface area contributed by atoms with E-state index in [0.29, 0.717) is 17.9 Å². The largest absolute Gasteiger partial charge is 0.381 e. The van der Waals surface area contributed by atoms with E-state index in [2.05, 4.69) is 38.0 Å². The van der Waals surface area contributed by atoms with Crippen molar-refractivity contribution in [3.8, 4) is 0 Å². The number of hydrogen-bond donors (Lipinski definition) is 1. The smallest absolute Gasteiger partial charge is 0.0666 e. The van der Waals surface area contributed by atoms with Crippen LogP contribution in [0.2, 0.25) is 0 Å². The fraction of sp³-hybridized carbons (Fsp3) is 0.750. The Balaban J connectivity index is 0.000000791. The van der Waals surface area contributed by atoms with Gasteiger partial charge in [-0.3, -0.25) is 4.99 Å². The van der Waals surface area contributed by atoms with E-state index in [1.165, 1.54) is 5.71 Å². The molecule has 0 aromatic rings. The first-order valence-corrected chi connectivity index (χ1v) is 5.61. The molecule has 1 unspecified atom stereocenters. The van der Waals surface area contributed by atoms with Crippen LogP contribution >= 0.6 is 0 Å². The van der Waals surface area contributed by atoms with Crippen molar-refractivity contribution < 1.29 is 0 Å². The minimum absolute atomic E-state index is 0.426. The van der Waals surface area contributed by atoms with Crippen LogP contribution in [0, 0.1) is 11.8 Å². The Labute approximate surface area is 88.5 Å². The van der Waals surface area contributed by atoms with Crippen molar-refractivity contribution in [1.29, 1.82) is 0 Å². The molecule has 82 valence electrons. The summed E-state index contributed by atoms with van der Waals surface area (Å²) in [7, 11) is 0. The van der Waals surface area contributed by atoms with Gasteiger partial charge in [-0.15, -0.1) is 0 Å². The lowest BCUT2D eigenvalue weighted by atomic mass is 9.91.